The molecule has 2 aromatic rings. The third-order valence-corrected chi connectivity index (χ3v) is 4.90. The number of aromatic nitrogens is 1. The Bertz CT molecular complexity index is 765. The summed E-state index contributed by atoms with van der Waals surface area (Å²) in [5.41, 5.74) is 1.33. The number of carbonyl (C=O) groups is 2. The van der Waals surface area contributed by atoms with Crippen molar-refractivity contribution in [2.45, 2.75) is 33.2 Å². The number of nitrogens with zero attached hydrogens (tertiary/aromatic N) is 2. The van der Waals surface area contributed by atoms with Crippen molar-refractivity contribution in [1.29, 1.82) is 0 Å². The van der Waals surface area contributed by atoms with E-state index in [1.807, 2.05) is 24.4 Å². The van der Waals surface area contributed by atoms with E-state index in [1.165, 1.54) is 0 Å². The quantitative estimate of drug-likeness (QED) is 0.943. The molecule has 1 saturated heterocycles. The minimum absolute atomic E-state index is 0.00832. The Kier molecular flexibility index (Phi) is 3.88. The molecule has 122 valence electrons. The number of amides is 1. The molecular formula is C18H22N2O3. The number of carboxylic acid groups (broad SMARTS) is 1. The first kappa shape index (κ1) is 15.6. The molecule has 0 spiro atoms. The zero-order valence-electron chi connectivity index (χ0n) is 13.6. The maximum Gasteiger partial charge on any atom is 0.311 e. The lowest BCUT2D eigenvalue weighted by Crippen LogP contribution is -2.35. The second kappa shape index (κ2) is 5.72. The van der Waals surface area contributed by atoms with E-state index in [0.29, 0.717) is 25.9 Å². The Morgan fingerprint density at radius 1 is 1.30 bits per heavy atom. The molecule has 0 aliphatic carbocycles. The highest BCUT2D eigenvalue weighted by Gasteiger charge is 2.42. The lowest BCUT2D eigenvalue weighted by Gasteiger charge is -2.20. The maximum absolute atomic E-state index is 12.6. The summed E-state index contributed by atoms with van der Waals surface area (Å²) in [6.45, 7) is 5.47. The van der Waals surface area contributed by atoms with Crippen LogP contribution in [0.15, 0.2) is 30.5 Å². The van der Waals surface area contributed by atoms with E-state index < -0.39 is 11.4 Å². The molecule has 1 amide bonds. The van der Waals surface area contributed by atoms with Crippen LogP contribution in [0.1, 0.15) is 25.8 Å². The molecule has 1 aliphatic rings. The number of fused-ring (bicyclic) bond motifs is 1. The fraction of sp³-hybridized carbons (Fsp3) is 0.444. The highest BCUT2D eigenvalue weighted by Crippen LogP contribution is 2.31. The van der Waals surface area contributed by atoms with Gasteiger partial charge < -0.3 is 14.6 Å². The summed E-state index contributed by atoms with van der Waals surface area (Å²) in [6, 6.07) is 8.08. The smallest absolute Gasteiger partial charge is 0.311 e. The number of hydrogen-bond acceptors (Lipinski definition) is 2. The van der Waals surface area contributed by atoms with Gasteiger partial charge in [0.15, 0.2) is 0 Å². The summed E-state index contributed by atoms with van der Waals surface area (Å²) >= 11 is 0. The molecule has 1 aromatic carbocycles. The van der Waals surface area contributed by atoms with Crippen molar-refractivity contribution in [3.8, 4) is 0 Å². The minimum Gasteiger partial charge on any atom is -0.481 e. The van der Waals surface area contributed by atoms with Crippen LogP contribution in [-0.4, -0.2) is 39.5 Å². The SMILES string of the molecule is CCn1cc(CC(=O)N2CC[C@](C)(C(=O)O)C2)c2ccccc21. The van der Waals surface area contributed by atoms with E-state index in [1.54, 1.807) is 11.8 Å². The fourth-order valence-electron chi connectivity index (χ4n) is 3.35. The molecule has 1 aromatic heterocycles. The highest BCUT2D eigenvalue weighted by atomic mass is 16.4. The lowest BCUT2D eigenvalue weighted by atomic mass is 9.90. The van der Waals surface area contributed by atoms with Gasteiger partial charge in [-0.05, 0) is 31.9 Å². The number of likely N-dealkylation sites (tertiary alicyclic amines) is 1. The van der Waals surface area contributed by atoms with E-state index in [2.05, 4.69) is 17.6 Å². The van der Waals surface area contributed by atoms with Crippen molar-refractivity contribution in [1.82, 2.24) is 9.47 Å². The van der Waals surface area contributed by atoms with Crippen LogP contribution in [0.25, 0.3) is 10.9 Å². The predicted octanol–water partition coefficient (Wildman–Crippen LogP) is 2.53. The largest absolute Gasteiger partial charge is 0.481 e. The molecule has 3 rings (SSSR count). The first-order valence-electron chi connectivity index (χ1n) is 8.02. The number of benzene rings is 1. The average molecular weight is 314 g/mol. The van der Waals surface area contributed by atoms with Gasteiger partial charge in [0.1, 0.15) is 0 Å². The number of carbonyl (C=O) groups excluding carboxylic acids is 1. The van der Waals surface area contributed by atoms with Crippen LogP contribution in [0.5, 0.6) is 0 Å². The second-order valence-electron chi connectivity index (χ2n) is 6.57. The van der Waals surface area contributed by atoms with Crippen LogP contribution in [0.2, 0.25) is 0 Å². The summed E-state index contributed by atoms with van der Waals surface area (Å²) in [5.74, 6) is -0.815. The summed E-state index contributed by atoms with van der Waals surface area (Å²) in [4.78, 5) is 25.6. The lowest BCUT2D eigenvalue weighted by molar-refractivity contribution is -0.147. The Morgan fingerprint density at radius 3 is 2.70 bits per heavy atom. The summed E-state index contributed by atoms with van der Waals surface area (Å²) in [6.07, 6.45) is 2.88. The second-order valence-corrected chi connectivity index (χ2v) is 6.57. The number of para-hydroxylation sites is 1. The molecule has 0 radical (unpaired) electrons. The van der Waals surface area contributed by atoms with E-state index in [9.17, 15) is 14.7 Å². The van der Waals surface area contributed by atoms with Crippen molar-refractivity contribution in [3.63, 3.8) is 0 Å². The van der Waals surface area contributed by atoms with E-state index >= 15 is 0 Å². The highest BCUT2D eigenvalue weighted by molar-refractivity contribution is 5.90. The van der Waals surface area contributed by atoms with Crippen LogP contribution >= 0.6 is 0 Å². The van der Waals surface area contributed by atoms with Gasteiger partial charge in [-0.2, -0.15) is 0 Å². The van der Waals surface area contributed by atoms with Crippen molar-refractivity contribution in [2.24, 2.45) is 5.41 Å². The molecule has 1 fully saturated rings. The van der Waals surface area contributed by atoms with Gasteiger partial charge >= 0.3 is 5.97 Å². The van der Waals surface area contributed by atoms with Gasteiger partial charge in [0.25, 0.3) is 0 Å². The molecule has 1 aliphatic heterocycles. The number of aryl methyl sites for hydroxylation is 1. The first-order chi connectivity index (χ1) is 10.9. The summed E-state index contributed by atoms with van der Waals surface area (Å²) < 4.78 is 2.14. The van der Waals surface area contributed by atoms with Crippen molar-refractivity contribution < 1.29 is 14.7 Å². The van der Waals surface area contributed by atoms with Gasteiger partial charge in [0.05, 0.1) is 11.8 Å². The molecule has 5 heteroatoms. The average Bonchev–Trinajstić information content (AvgIpc) is 3.10. The standard InChI is InChI=1S/C18H22N2O3/c1-3-19-11-13(14-6-4-5-7-15(14)19)10-16(21)20-9-8-18(2,12-20)17(22)23/h4-7,11H,3,8-10,12H2,1-2H3,(H,22,23)/t18-/m0/s1. The molecular weight excluding hydrogens is 292 g/mol. The normalized spacial score (nSPS) is 21.0. The van der Waals surface area contributed by atoms with Gasteiger partial charge in [0.2, 0.25) is 5.91 Å². The Morgan fingerprint density at radius 2 is 2.04 bits per heavy atom. The Labute approximate surface area is 135 Å². The number of aliphatic carboxylic acids is 1. The molecule has 1 atom stereocenters. The third kappa shape index (κ3) is 2.71. The van der Waals surface area contributed by atoms with E-state index in [0.717, 1.165) is 23.0 Å². The Balaban J connectivity index is 1.80. The third-order valence-electron chi connectivity index (χ3n) is 4.90. The van der Waals surface area contributed by atoms with Crippen LogP contribution in [-0.2, 0) is 22.6 Å². The molecule has 0 bridgehead atoms. The fourth-order valence-corrected chi connectivity index (χ4v) is 3.35. The molecule has 23 heavy (non-hydrogen) atoms. The molecule has 0 saturated carbocycles. The van der Waals surface area contributed by atoms with Crippen molar-refractivity contribution in [3.05, 3.63) is 36.0 Å². The molecule has 5 nitrogen and oxygen atoms in total. The maximum atomic E-state index is 12.6. The van der Waals surface area contributed by atoms with Crippen LogP contribution in [0.4, 0.5) is 0 Å². The Hall–Kier alpha value is -2.30. The van der Waals surface area contributed by atoms with Crippen LogP contribution in [0, 0.1) is 5.41 Å². The number of carboxylic acids is 1. The molecule has 1 N–H and O–H groups in total. The van der Waals surface area contributed by atoms with Crippen molar-refractivity contribution in [2.75, 3.05) is 13.1 Å². The molecule has 0 unspecified atom stereocenters. The summed E-state index contributed by atoms with van der Waals surface area (Å²) in [5, 5.41) is 10.4. The molecule has 2 heterocycles. The topological polar surface area (TPSA) is 62.5 Å². The van der Waals surface area contributed by atoms with Gasteiger partial charge in [-0.1, -0.05) is 18.2 Å². The summed E-state index contributed by atoms with van der Waals surface area (Å²) in [7, 11) is 0. The number of hydrogen-bond donors (Lipinski definition) is 1. The van der Waals surface area contributed by atoms with Gasteiger partial charge in [-0.3, -0.25) is 9.59 Å². The van der Waals surface area contributed by atoms with Gasteiger partial charge in [-0.25, -0.2) is 0 Å². The number of rotatable bonds is 4. The minimum atomic E-state index is -0.824. The van der Waals surface area contributed by atoms with Crippen LogP contribution < -0.4 is 0 Å². The van der Waals surface area contributed by atoms with Gasteiger partial charge in [0, 0.05) is 36.7 Å². The van der Waals surface area contributed by atoms with Crippen LogP contribution in [0.3, 0.4) is 0 Å². The van der Waals surface area contributed by atoms with Gasteiger partial charge in [-0.15, -0.1) is 0 Å². The van der Waals surface area contributed by atoms with E-state index in [4.69, 9.17) is 0 Å². The zero-order valence-corrected chi connectivity index (χ0v) is 13.6. The zero-order chi connectivity index (χ0) is 16.6. The predicted molar refractivity (Wildman–Crippen MR) is 88.3 cm³/mol. The monoisotopic (exact) mass is 314 g/mol. The van der Waals surface area contributed by atoms with Crippen molar-refractivity contribution >= 4 is 22.8 Å². The van der Waals surface area contributed by atoms with E-state index in [-0.39, 0.29) is 5.91 Å². The first-order valence-corrected chi connectivity index (χ1v) is 8.02.